The van der Waals surface area contributed by atoms with Crippen molar-refractivity contribution in [2.24, 2.45) is 0 Å². The summed E-state index contributed by atoms with van der Waals surface area (Å²) in [7, 11) is 0. The Balaban J connectivity index is 2.52. The third-order valence-corrected chi connectivity index (χ3v) is 1.25. The maximum Gasteiger partial charge on any atom is 0.103 e. The molecule has 0 aromatic carbocycles. The summed E-state index contributed by atoms with van der Waals surface area (Å²) in [5.41, 5.74) is 0.971. The molecule has 3 heteroatoms. The van der Waals surface area contributed by atoms with Crippen LogP contribution in [-0.4, -0.2) is 9.97 Å². The molecule has 0 amide bonds. The number of aromatic nitrogens is 2. The minimum Gasteiger partial charge on any atom is -0.349 e. The van der Waals surface area contributed by atoms with Crippen LogP contribution in [0.3, 0.4) is 0 Å². The zero-order valence-electron chi connectivity index (χ0n) is 5.89. The minimum absolute atomic E-state index is 0.546. The minimum atomic E-state index is 0.546. The Hall–Kier alpha value is -1.30. The second kappa shape index (κ2) is 3.02. The number of nitrogens with zero attached hydrogens (tertiary/aromatic N) is 2. The second-order valence-corrected chi connectivity index (χ2v) is 2.14. The molecule has 10 heavy (non-hydrogen) atoms. The van der Waals surface area contributed by atoms with Crippen LogP contribution < -0.4 is 0 Å². The fourth-order valence-electron chi connectivity index (χ4n) is 0.780. The highest BCUT2D eigenvalue weighted by atomic mass is 14.9. The summed E-state index contributed by atoms with van der Waals surface area (Å²) in [5.74, 6) is 0.910. The van der Waals surface area contributed by atoms with Crippen molar-refractivity contribution in [2.45, 2.75) is 19.8 Å². The fourth-order valence-corrected chi connectivity index (χ4v) is 0.780. The molecule has 0 saturated carbocycles. The van der Waals surface area contributed by atoms with Crippen molar-refractivity contribution in [1.82, 2.24) is 9.97 Å². The van der Waals surface area contributed by atoms with Crippen molar-refractivity contribution in [2.75, 3.05) is 0 Å². The molecule has 0 saturated heterocycles. The first-order valence-electron chi connectivity index (χ1n) is 3.21. The Bertz CT molecular complexity index is 244. The van der Waals surface area contributed by atoms with Crippen molar-refractivity contribution in [3.63, 3.8) is 0 Å². The zero-order chi connectivity index (χ0) is 7.40. The molecule has 52 valence electrons. The largest absolute Gasteiger partial charge is 0.349 e. The van der Waals surface area contributed by atoms with E-state index in [1.165, 1.54) is 0 Å². The Morgan fingerprint density at radius 3 is 3.10 bits per heavy atom. The summed E-state index contributed by atoms with van der Waals surface area (Å²) in [5, 5.41) is 8.25. The van der Waals surface area contributed by atoms with Gasteiger partial charge in [-0.2, -0.15) is 5.26 Å². The number of rotatable bonds is 2. The van der Waals surface area contributed by atoms with E-state index in [1.807, 2.05) is 13.1 Å². The molecule has 0 radical (unpaired) electrons. The maximum atomic E-state index is 8.25. The van der Waals surface area contributed by atoms with Gasteiger partial charge in [-0.3, -0.25) is 0 Å². The average Bonchev–Trinajstić information content (AvgIpc) is 2.31. The topological polar surface area (TPSA) is 52.5 Å². The Morgan fingerprint density at radius 2 is 2.60 bits per heavy atom. The van der Waals surface area contributed by atoms with E-state index in [1.54, 1.807) is 0 Å². The normalized spacial score (nSPS) is 9.20. The smallest absolute Gasteiger partial charge is 0.103 e. The van der Waals surface area contributed by atoms with Crippen molar-refractivity contribution >= 4 is 0 Å². The van der Waals surface area contributed by atoms with Gasteiger partial charge in [-0.1, -0.05) is 0 Å². The summed E-state index contributed by atoms with van der Waals surface area (Å²) in [6.45, 7) is 1.90. The van der Waals surface area contributed by atoms with Gasteiger partial charge in [0.1, 0.15) is 5.82 Å². The molecule has 0 fully saturated rings. The number of H-pyrrole nitrogens is 1. The van der Waals surface area contributed by atoms with Gasteiger partial charge in [-0.25, -0.2) is 4.98 Å². The molecule has 3 nitrogen and oxygen atoms in total. The number of nitriles is 1. The first-order chi connectivity index (χ1) is 4.83. The molecule has 1 aromatic rings. The highest BCUT2D eigenvalue weighted by Crippen LogP contribution is 1.98. The molecule has 1 heterocycles. The summed E-state index contributed by atoms with van der Waals surface area (Å²) in [6.07, 6.45) is 3.14. The molecular formula is C7H9N3. The lowest BCUT2D eigenvalue weighted by Gasteiger charge is -1.83. The third-order valence-electron chi connectivity index (χ3n) is 1.25. The number of imidazole rings is 1. The van der Waals surface area contributed by atoms with Crippen LogP contribution in [-0.2, 0) is 6.42 Å². The van der Waals surface area contributed by atoms with Gasteiger partial charge >= 0.3 is 0 Å². The van der Waals surface area contributed by atoms with Crippen LogP contribution in [0.5, 0.6) is 0 Å². The van der Waals surface area contributed by atoms with Crippen molar-refractivity contribution in [3.05, 3.63) is 17.7 Å². The lowest BCUT2D eigenvalue weighted by Crippen LogP contribution is -1.82. The van der Waals surface area contributed by atoms with Gasteiger partial charge in [0.05, 0.1) is 11.8 Å². The van der Waals surface area contributed by atoms with Crippen molar-refractivity contribution in [3.8, 4) is 6.07 Å². The van der Waals surface area contributed by atoms with E-state index >= 15 is 0 Å². The maximum absolute atomic E-state index is 8.25. The van der Waals surface area contributed by atoms with E-state index in [2.05, 4.69) is 16.0 Å². The number of hydrogen-bond donors (Lipinski definition) is 1. The third kappa shape index (κ3) is 1.59. The summed E-state index contributed by atoms with van der Waals surface area (Å²) >= 11 is 0. The molecule has 0 aliphatic heterocycles. The first kappa shape index (κ1) is 6.81. The van der Waals surface area contributed by atoms with Gasteiger partial charge in [0.25, 0.3) is 0 Å². The highest BCUT2D eigenvalue weighted by molar-refractivity contribution is 5.01. The molecule has 0 unspecified atom stereocenters. The average molecular weight is 135 g/mol. The van der Waals surface area contributed by atoms with E-state index in [-0.39, 0.29) is 0 Å². The zero-order valence-corrected chi connectivity index (χ0v) is 5.89. The van der Waals surface area contributed by atoms with E-state index in [9.17, 15) is 0 Å². The van der Waals surface area contributed by atoms with Crippen LogP contribution in [0, 0.1) is 18.3 Å². The van der Waals surface area contributed by atoms with Crippen LogP contribution in [0.15, 0.2) is 6.20 Å². The van der Waals surface area contributed by atoms with Gasteiger partial charge in [0.15, 0.2) is 0 Å². The Morgan fingerprint density at radius 1 is 1.80 bits per heavy atom. The summed E-state index contributed by atoms with van der Waals surface area (Å²) in [6, 6.07) is 2.07. The molecule has 0 aliphatic rings. The first-order valence-corrected chi connectivity index (χ1v) is 3.21. The standard InChI is InChI=1S/C7H9N3/c1-6-9-5-7(10-6)3-2-4-8/h5H,2-3H2,1H3,(H,9,10). The predicted molar refractivity (Wildman–Crippen MR) is 37.3 cm³/mol. The molecular weight excluding hydrogens is 126 g/mol. The lowest BCUT2D eigenvalue weighted by molar-refractivity contribution is 0.958. The van der Waals surface area contributed by atoms with Gasteiger partial charge < -0.3 is 4.98 Å². The van der Waals surface area contributed by atoms with Crippen LogP contribution in [0.2, 0.25) is 0 Å². The lowest BCUT2D eigenvalue weighted by atomic mass is 10.3. The van der Waals surface area contributed by atoms with Gasteiger partial charge in [0, 0.05) is 19.0 Å². The molecule has 1 aromatic heterocycles. The van der Waals surface area contributed by atoms with Crippen molar-refractivity contribution in [1.29, 1.82) is 5.26 Å². The number of aryl methyl sites for hydroxylation is 2. The van der Waals surface area contributed by atoms with E-state index in [0.29, 0.717) is 6.42 Å². The molecule has 1 N–H and O–H groups in total. The van der Waals surface area contributed by atoms with E-state index in [4.69, 9.17) is 5.26 Å². The Kier molecular flexibility index (Phi) is 2.06. The molecule has 0 spiro atoms. The monoisotopic (exact) mass is 135 g/mol. The number of nitrogens with one attached hydrogen (secondary N) is 1. The van der Waals surface area contributed by atoms with Crippen LogP contribution in [0.4, 0.5) is 0 Å². The highest BCUT2D eigenvalue weighted by Gasteiger charge is 1.94. The van der Waals surface area contributed by atoms with E-state index < -0.39 is 0 Å². The van der Waals surface area contributed by atoms with Gasteiger partial charge in [0.2, 0.25) is 0 Å². The molecule has 0 bridgehead atoms. The molecule has 1 rings (SSSR count). The second-order valence-electron chi connectivity index (χ2n) is 2.14. The SMILES string of the molecule is Cc1nc(CCC#N)c[nH]1. The summed E-state index contributed by atoms with van der Waals surface area (Å²) < 4.78 is 0. The van der Waals surface area contributed by atoms with Crippen LogP contribution in [0.25, 0.3) is 0 Å². The van der Waals surface area contributed by atoms with Crippen LogP contribution >= 0.6 is 0 Å². The predicted octanol–water partition coefficient (Wildman–Crippen LogP) is 1.17. The van der Waals surface area contributed by atoms with Crippen molar-refractivity contribution < 1.29 is 0 Å². The summed E-state index contributed by atoms with van der Waals surface area (Å²) in [4.78, 5) is 7.10. The number of hydrogen-bond acceptors (Lipinski definition) is 2. The van der Waals surface area contributed by atoms with E-state index in [0.717, 1.165) is 17.9 Å². The van der Waals surface area contributed by atoms with Crippen LogP contribution in [0.1, 0.15) is 17.9 Å². The number of aromatic amines is 1. The van der Waals surface area contributed by atoms with Gasteiger partial charge in [-0.05, 0) is 6.92 Å². The fraction of sp³-hybridized carbons (Fsp3) is 0.429. The molecule has 0 aliphatic carbocycles. The molecule has 0 atom stereocenters. The quantitative estimate of drug-likeness (QED) is 0.661. The van der Waals surface area contributed by atoms with Gasteiger partial charge in [-0.15, -0.1) is 0 Å². The Labute approximate surface area is 59.7 Å².